The molecular formula is C18H19NO4. The first-order valence-corrected chi connectivity index (χ1v) is 7.82. The number of carbonyl (C=O) groups excluding carboxylic acids is 3. The lowest BCUT2D eigenvalue weighted by Gasteiger charge is -2.16. The summed E-state index contributed by atoms with van der Waals surface area (Å²) in [5.41, 5.74) is 0.504. The molecule has 2 amide bonds. The largest absolute Gasteiger partial charge is 0.491 e. The molecule has 1 aromatic rings. The van der Waals surface area contributed by atoms with Crippen LogP contribution in [0.25, 0.3) is 0 Å². The standard InChI is InChI=1S/C18H19NO4/c1-12(20)13-6-4-5-9-16(13)23-11-10-19-17(21)14-7-2-3-8-15(14)18(19)22/h2-6,9,14-15H,7-8,10-11H2,1H3/t14-,15+. The Balaban J connectivity index is 1.62. The number of likely N-dealkylation sites (tertiary alicyclic amines) is 1. The van der Waals surface area contributed by atoms with Gasteiger partial charge >= 0.3 is 0 Å². The zero-order valence-corrected chi connectivity index (χ0v) is 13.0. The maximum absolute atomic E-state index is 12.3. The van der Waals surface area contributed by atoms with Crippen LogP contribution in [0, 0.1) is 11.8 Å². The highest BCUT2D eigenvalue weighted by atomic mass is 16.5. The number of Topliss-reactive ketones (excluding diaryl/α,β-unsaturated/α-hetero) is 1. The summed E-state index contributed by atoms with van der Waals surface area (Å²) >= 11 is 0. The summed E-state index contributed by atoms with van der Waals surface area (Å²) in [6, 6.07) is 6.97. The van der Waals surface area contributed by atoms with Crippen molar-refractivity contribution in [3.63, 3.8) is 0 Å². The van der Waals surface area contributed by atoms with Crippen molar-refractivity contribution in [2.45, 2.75) is 19.8 Å². The van der Waals surface area contributed by atoms with E-state index in [0.29, 0.717) is 24.2 Å². The van der Waals surface area contributed by atoms with E-state index in [0.717, 1.165) is 0 Å². The lowest BCUT2D eigenvalue weighted by Crippen LogP contribution is -2.34. The fourth-order valence-electron chi connectivity index (χ4n) is 3.22. The van der Waals surface area contributed by atoms with Gasteiger partial charge in [-0.2, -0.15) is 0 Å². The monoisotopic (exact) mass is 313 g/mol. The fourth-order valence-corrected chi connectivity index (χ4v) is 3.22. The SMILES string of the molecule is CC(=O)c1ccccc1OCCN1C(=O)[C@H]2CC=CC[C@H]2C1=O. The zero-order chi connectivity index (χ0) is 16.4. The Morgan fingerprint density at radius 3 is 2.35 bits per heavy atom. The molecule has 2 atom stereocenters. The summed E-state index contributed by atoms with van der Waals surface area (Å²) in [5, 5.41) is 0. The highest BCUT2D eigenvalue weighted by molar-refractivity contribution is 6.05. The fraction of sp³-hybridized carbons (Fsp3) is 0.389. The Labute approximate surface area is 134 Å². The molecule has 1 heterocycles. The topological polar surface area (TPSA) is 63.7 Å². The second kappa shape index (κ2) is 6.36. The molecule has 1 aliphatic heterocycles. The molecule has 2 aliphatic rings. The first-order chi connectivity index (χ1) is 11.1. The van der Waals surface area contributed by atoms with Gasteiger partial charge in [0.25, 0.3) is 0 Å². The number of nitrogens with zero attached hydrogens (tertiary/aromatic N) is 1. The first kappa shape index (κ1) is 15.5. The number of fused-ring (bicyclic) bond motifs is 1. The van der Waals surface area contributed by atoms with E-state index >= 15 is 0 Å². The summed E-state index contributed by atoms with van der Waals surface area (Å²) in [7, 11) is 0. The molecule has 0 spiro atoms. The molecule has 1 aliphatic carbocycles. The number of hydrogen-bond donors (Lipinski definition) is 0. The summed E-state index contributed by atoms with van der Waals surface area (Å²) < 4.78 is 5.63. The van der Waals surface area contributed by atoms with Crippen molar-refractivity contribution in [3.05, 3.63) is 42.0 Å². The molecule has 0 aromatic heterocycles. The molecule has 0 unspecified atom stereocenters. The molecule has 23 heavy (non-hydrogen) atoms. The molecule has 3 rings (SSSR count). The molecule has 1 aromatic carbocycles. The second-order valence-electron chi connectivity index (χ2n) is 5.88. The highest BCUT2D eigenvalue weighted by Gasteiger charge is 2.46. The average Bonchev–Trinajstić information content (AvgIpc) is 2.80. The molecule has 5 heteroatoms. The lowest BCUT2D eigenvalue weighted by atomic mass is 9.85. The van der Waals surface area contributed by atoms with Crippen molar-refractivity contribution in [3.8, 4) is 5.75 Å². The quantitative estimate of drug-likeness (QED) is 0.475. The number of ether oxygens (including phenoxy) is 1. The zero-order valence-electron chi connectivity index (χ0n) is 13.0. The number of rotatable bonds is 5. The van der Waals surface area contributed by atoms with Crippen LogP contribution in [0.5, 0.6) is 5.75 Å². The smallest absolute Gasteiger partial charge is 0.233 e. The molecule has 0 N–H and O–H groups in total. The molecule has 0 radical (unpaired) electrons. The maximum atomic E-state index is 12.3. The maximum Gasteiger partial charge on any atom is 0.233 e. The summed E-state index contributed by atoms with van der Waals surface area (Å²) in [4.78, 5) is 37.5. The van der Waals surface area contributed by atoms with E-state index in [1.807, 2.05) is 12.2 Å². The third kappa shape index (κ3) is 2.91. The van der Waals surface area contributed by atoms with Gasteiger partial charge in [-0.3, -0.25) is 19.3 Å². The first-order valence-electron chi connectivity index (χ1n) is 7.82. The molecular weight excluding hydrogens is 294 g/mol. The van der Waals surface area contributed by atoms with Crippen LogP contribution < -0.4 is 4.74 Å². The van der Waals surface area contributed by atoms with Crippen LogP contribution in [0.4, 0.5) is 0 Å². The average molecular weight is 313 g/mol. The second-order valence-corrected chi connectivity index (χ2v) is 5.88. The number of ketones is 1. The minimum atomic E-state index is -0.211. The van der Waals surface area contributed by atoms with Crippen LogP contribution in [0.2, 0.25) is 0 Å². The van der Waals surface area contributed by atoms with E-state index in [1.165, 1.54) is 11.8 Å². The van der Waals surface area contributed by atoms with Gasteiger partial charge in [0.05, 0.1) is 23.9 Å². The normalized spacial score (nSPS) is 23.1. The highest BCUT2D eigenvalue weighted by Crippen LogP contribution is 2.34. The van der Waals surface area contributed by atoms with Crippen LogP contribution >= 0.6 is 0 Å². The molecule has 1 saturated heterocycles. The van der Waals surface area contributed by atoms with Crippen molar-refractivity contribution >= 4 is 17.6 Å². The van der Waals surface area contributed by atoms with E-state index in [2.05, 4.69) is 0 Å². The number of para-hydroxylation sites is 1. The number of amides is 2. The van der Waals surface area contributed by atoms with E-state index in [1.54, 1.807) is 24.3 Å². The third-order valence-corrected chi connectivity index (χ3v) is 4.44. The Kier molecular flexibility index (Phi) is 4.28. The lowest BCUT2D eigenvalue weighted by molar-refractivity contribution is -0.140. The molecule has 5 nitrogen and oxygen atoms in total. The number of hydrogen-bond acceptors (Lipinski definition) is 4. The predicted molar refractivity (Wildman–Crippen MR) is 84.0 cm³/mol. The van der Waals surface area contributed by atoms with Crippen molar-refractivity contribution < 1.29 is 19.1 Å². The van der Waals surface area contributed by atoms with Gasteiger partial charge in [0, 0.05) is 0 Å². The van der Waals surface area contributed by atoms with E-state index < -0.39 is 0 Å². The summed E-state index contributed by atoms with van der Waals surface area (Å²) in [6.07, 6.45) is 5.21. The van der Waals surface area contributed by atoms with Crippen molar-refractivity contribution in [2.75, 3.05) is 13.2 Å². The van der Waals surface area contributed by atoms with Crippen molar-refractivity contribution in [1.29, 1.82) is 0 Å². The van der Waals surface area contributed by atoms with Crippen molar-refractivity contribution in [1.82, 2.24) is 4.90 Å². The predicted octanol–water partition coefficient (Wildman–Crippen LogP) is 2.22. The van der Waals surface area contributed by atoms with Gasteiger partial charge in [-0.25, -0.2) is 0 Å². The Morgan fingerprint density at radius 1 is 1.13 bits per heavy atom. The van der Waals surface area contributed by atoms with E-state index in [9.17, 15) is 14.4 Å². The Bertz CT molecular complexity index is 653. The Morgan fingerprint density at radius 2 is 1.74 bits per heavy atom. The van der Waals surface area contributed by atoms with Crippen LogP contribution in [0.3, 0.4) is 0 Å². The number of allylic oxidation sites excluding steroid dienone is 2. The van der Waals surface area contributed by atoms with Gasteiger partial charge < -0.3 is 4.74 Å². The Hall–Kier alpha value is -2.43. The van der Waals surface area contributed by atoms with Gasteiger partial charge in [-0.15, -0.1) is 0 Å². The summed E-state index contributed by atoms with van der Waals surface area (Å²) in [5.74, 6) is -0.223. The van der Waals surface area contributed by atoms with Gasteiger partial charge in [0.1, 0.15) is 12.4 Å². The minimum Gasteiger partial charge on any atom is -0.491 e. The van der Waals surface area contributed by atoms with Crippen LogP contribution in [0.1, 0.15) is 30.1 Å². The number of carbonyl (C=O) groups is 3. The molecule has 1 fully saturated rings. The van der Waals surface area contributed by atoms with Crippen LogP contribution in [-0.2, 0) is 9.59 Å². The van der Waals surface area contributed by atoms with Gasteiger partial charge in [-0.1, -0.05) is 24.3 Å². The number of benzene rings is 1. The minimum absolute atomic E-state index is 0.0778. The third-order valence-electron chi connectivity index (χ3n) is 4.44. The van der Waals surface area contributed by atoms with Gasteiger partial charge in [0.15, 0.2) is 5.78 Å². The van der Waals surface area contributed by atoms with Gasteiger partial charge in [0.2, 0.25) is 11.8 Å². The van der Waals surface area contributed by atoms with Crippen LogP contribution in [-0.4, -0.2) is 35.6 Å². The number of imide groups is 1. The molecule has 120 valence electrons. The van der Waals surface area contributed by atoms with E-state index in [4.69, 9.17) is 4.74 Å². The van der Waals surface area contributed by atoms with Crippen LogP contribution in [0.15, 0.2) is 36.4 Å². The van der Waals surface area contributed by atoms with E-state index in [-0.39, 0.29) is 42.6 Å². The molecule has 0 bridgehead atoms. The summed E-state index contributed by atoms with van der Waals surface area (Å²) in [6.45, 7) is 1.89. The molecule has 0 saturated carbocycles. The van der Waals surface area contributed by atoms with Gasteiger partial charge in [-0.05, 0) is 31.9 Å². The van der Waals surface area contributed by atoms with Crippen molar-refractivity contribution in [2.24, 2.45) is 11.8 Å².